The maximum Gasteiger partial charge on any atom is 0.0888 e. The standard InChI is InChI=1S/C9H18O2/c1-5-11-8-7(10-4)6-9(8,2)3/h7-8H,5-6H2,1-4H3. The van der Waals surface area contributed by atoms with Crippen LogP contribution in [0.15, 0.2) is 0 Å². The molecular formula is C9H18O2. The molecule has 0 bridgehead atoms. The van der Waals surface area contributed by atoms with Crippen LogP contribution in [0, 0.1) is 5.41 Å². The molecular weight excluding hydrogens is 140 g/mol. The second kappa shape index (κ2) is 3.11. The van der Waals surface area contributed by atoms with Gasteiger partial charge in [0, 0.05) is 13.7 Å². The molecule has 0 aromatic rings. The molecule has 2 unspecified atom stereocenters. The van der Waals surface area contributed by atoms with Crippen molar-refractivity contribution in [3.63, 3.8) is 0 Å². The van der Waals surface area contributed by atoms with Crippen LogP contribution in [0.5, 0.6) is 0 Å². The minimum Gasteiger partial charge on any atom is -0.379 e. The summed E-state index contributed by atoms with van der Waals surface area (Å²) >= 11 is 0. The molecule has 0 radical (unpaired) electrons. The monoisotopic (exact) mass is 158 g/mol. The Morgan fingerprint density at radius 2 is 2.09 bits per heavy atom. The zero-order chi connectivity index (χ0) is 8.48. The van der Waals surface area contributed by atoms with Crippen LogP contribution in [-0.2, 0) is 9.47 Å². The van der Waals surface area contributed by atoms with Gasteiger partial charge in [-0.05, 0) is 18.8 Å². The van der Waals surface area contributed by atoms with Crippen molar-refractivity contribution in [3.05, 3.63) is 0 Å². The quantitative estimate of drug-likeness (QED) is 0.624. The van der Waals surface area contributed by atoms with Crippen LogP contribution in [-0.4, -0.2) is 25.9 Å². The molecule has 11 heavy (non-hydrogen) atoms. The van der Waals surface area contributed by atoms with E-state index < -0.39 is 0 Å². The van der Waals surface area contributed by atoms with E-state index in [0.29, 0.717) is 17.6 Å². The van der Waals surface area contributed by atoms with E-state index in [0.717, 1.165) is 13.0 Å². The molecule has 0 amide bonds. The number of hydrogen-bond donors (Lipinski definition) is 0. The Balaban J connectivity index is 2.43. The fourth-order valence-electron chi connectivity index (χ4n) is 1.80. The van der Waals surface area contributed by atoms with E-state index in [1.807, 2.05) is 6.92 Å². The summed E-state index contributed by atoms with van der Waals surface area (Å²) in [6.07, 6.45) is 1.75. The highest BCUT2D eigenvalue weighted by molar-refractivity contribution is 4.98. The molecule has 2 heteroatoms. The summed E-state index contributed by atoms with van der Waals surface area (Å²) in [6.45, 7) is 7.26. The molecule has 0 aliphatic heterocycles. The lowest BCUT2D eigenvalue weighted by Crippen LogP contribution is -2.55. The van der Waals surface area contributed by atoms with Crippen molar-refractivity contribution in [2.45, 2.75) is 39.4 Å². The van der Waals surface area contributed by atoms with Crippen LogP contribution >= 0.6 is 0 Å². The number of hydrogen-bond acceptors (Lipinski definition) is 2. The first-order valence-electron chi connectivity index (χ1n) is 4.26. The number of ether oxygens (including phenoxy) is 2. The number of methoxy groups -OCH3 is 1. The third-order valence-electron chi connectivity index (χ3n) is 2.48. The molecule has 2 atom stereocenters. The van der Waals surface area contributed by atoms with E-state index in [9.17, 15) is 0 Å². The molecule has 0 spiro atoms. The molecule has 1 aliphatic rings. The summed E-state index contributed by atoms with van der Waals surface area (Å²) in [6, 6.07) is 0. The van der Waals surface area contributed by atoms with Crippen LogP contribution in [0.2, 0.25) is 0 Å². The zero-order valence-electron chi connectivity index (χ0n) is 7.89. The molecule has 0 heterocycles. The Hall–Kier alpha value is -0.0800. The second-order valence-corrected chi connectivity index (χ2v) is 3.84. The summed E-state index contributed by atoms with van der Waals surface area (Å²) in [7, 11) is 1.76. The molecule has 0 N–H and O–H groups in total. The van der Waals surface area contributed by atoms with Crippen LogP contribution in [0.4, 0.5) is 0 Å². The minimum absolute atomic E-state index is 0.303. The highest BCUT2D eigenvalue weighted by atomic mass is 16.5. The summed E-state index contributed by atoms with van der Waals surface area (Å²) in [5, 5.41) is 0. The predicted molar refractivity (Wildman–Crippen MR) is 44.6 cm³/mol. The molecule has 0 aromatic heterocycles. The normalized spacial score (nSPS) is 34.9. The first kappa shape index (κ1) is 9.01. The molecule has 1 fully saturated rings. The maximum atomic E-state index is 5.57. The molecule has 1 saturated carbocycles. The predicted octanol–water partition coefficient (Wildman–Crippen LogP) is 1.84. The van der Waals surface area contributed by atoms with E-state index in [-0.39, 0.29) is 0 Å². The van der Waals surface area contributed by atoms with Crippen molar-refractivity contribution < 1.29 is 9.47 Å². The van der Waals surface area contributed by atoms with E-state index in [1.165, 1.54) is 0 Å². The summed E-state index contributed by atoms with van der Waals surface area (Å²) in [5.74, 6) is 0. The van der Waals surface area contributed by atoms with Gasteiger partial charge in [-0.3, -0.25) is 0 Å². The molecule has 0 saturated heterocycles. The van der Waals surface area contributed by atoms with Crippen LogP contribution in [0.1, 0.15) is 27.2 Å². The SMILES string of the molecule is CCOC1C(OC)CC1(C)C. The van der Waals surface area contributed by atoms with Crippen molar-refractivity contribution in [2.75, 3.05) is 13.7 Å². The number of rotatable bonds is 3. The summed E-state index contributed by atoms with van der Waals surface area (Å²) in [4.78, 5) is 0. The average Bonchev–Trinajstić information content (AvgIpc) is 1.96. The Kier molecular flexibility index (Phi) is 2.55. The largest absolute Gasteiger partial charge is 0.379 e. The van der Waals surface area contributed by atoms with Crippen molar-refractivity contribution >= 4 is 0 Å². The molecule has 1 aliphatic carbocycles. The van der Waals surface area contributed by atoms with Gasteiger partial charge in [-0.2, -0.15) is 0 Å². The van der Waals surface area contributed by atoms with Gasteiger partial charge < -0.3 is 9.47 Å². The molecule has 1 rings (SSSR count). The van der Waals surface area contributed by atoms with Gasteiger partial charge in [-0.1, -0.05) is 13.8 Å². The molecule has 66 valence electrons. The van der Waals surface area contributed by atoms with Crippen molar-refractivity contribution in [1.82, 2.24) is 0 Å². The van der Waals surface area contributed by atoms with Gasteiger partial charge in [0.1, 0.15) is 0 Å². The van der Waals surface area contributed by atoms with Crippen molar-refractivity contribution in [1.29, 1.82) is 0 Å². The van der Waals surface area contributed by atoms with E-state index in [1.54, 1.807) is 7.11 Å². The van der Waals surface area contributed by atoms with Gasteiger partial charge in [-0.15, -0.1) is 0 Å². The first-order chi connectivity index (χ1) is 5.11. The highest BCUT2D eigenvalue weighted by Gasteiger charge is 2.48. The van der Waals surface area contributed by atoms with Crippen LogP contribution in [0.3, 0.4) is 0 Å². The third-order valence-corrected chi connectivity index (χ3v) is 2.48. The van der Waals surface area contributed by atoms with Gasteiger partial charge in [0.2, 0.25) is 0 Å². The fourth-order valence-corrected chi connectivity index (χ4v) is 1.80. The maximum absolute atomic E-state index is 5.57. The Bertz CT molecular complexity index is 132. The Labute approximate surface area is 68.9 Å². The van der Waals surface area contributed by atoms with Gasteiger partial charge in [-0.25, -0.2) is 0 Å². The van der Waals surface area contributed by atoms with E-state index >= 15 is 0 Å². The molecule has 2 nitrogen and oxygen atoms in total. The van der Waals surface area contributed by atoms with Crippen LogP contribution in [0.25, 0.3) is 0 Å². The second-order valence-electron chi connectivity index (χ2n) is 3.84. The lowest BCUT2D eigenvalue weighted by atomic mass is 9.67. The minimum atomic E-state index is 0.303. The molecule has 0 aromatic carbocycles. The topological polar surface area (TPSA) is 18.5 Å². The Morgan fingerprint density at radius 3 is 2.45 bits per heavy atom. The third kappa shape index (κ3) is 1.57. The van der Waals surface area contributed by atoms with Gasteiger partial charge in [0.15, 0.2) is 0 Å². The lowest BCUT2D eigenvalue weighted by molar-refractivity contribution is -0.187. The van der Waals surface area contributed by atoms with Crippen molar-refractivity contribution in [2.24, 2.45) is 5.41 Å². The van der Waals surface area contributed by atoms with Gasteiger partial charge in [0.05, 0.1) is 12.2 Å². The highest BCUT2D eigenvalue weighted by Crippen LogP contribution is 2.43. The average molecular weight is 158 g/mol. The summed E-state index contributed by atoms with van der Waals surface area (Å²) < 4.78 is 10.8. The van der Waals surface area contributed by atoms with E-state index in [4.69, 9.17) is 9.47 Å². The smallest absolute Gasteiger partial charge is 0.0888 e. The van der Waals surface area contributed by atoms with Gasteiger partial charge in [0.25, 0.3) is 0 Å². The van der Waals surface area contributed by atoms with Gasteiger partial charge >= 0.3 is 0 Å². The van der Waals surface area contributed by atoms with E-state index in [2.05, 4.69) is 13.8 Å². The summed E-state index contributed by atoms with van der Waals surface area (Å²) in [5.41, 5.74) is 0.316. The lowest BCUT2D eigenvalue weighted by Gasteiger charge is -2.49. The van der Waals surface area contributed by atoms with Crippen molar-refractivity contribution in [3.8, 4) is 0 Å². The van der Waals surface area contributed by atoms with Crippen LogP contribution < -0.4 is 0 Å². The first-order valence-corrected chi connectivity index (χ1v) is 4.26. The Morgan fingerprint density at radius 1 is 1.45 bits per heavy atom. The zero-order valence-corrected chi connectivity index (χ0v) is 7.89. The fraction of sp³-hybridized carbons (Fsp3) is 1.00.